The number of nitrogens with one attached hydrogen (secondary N) is 1. The van der Waals surface area contributed by atoms with Gasteiger partial charge >= 0.3 is 6.09 Å². The Morgan fingerprint density at radius 3 is 2.45 bits per heavy atom. The largest absolute Gasteiger partial charge is 0.444 e. The Balaban J connectivity index is 2.70. The number of carbonyl (C=O) groups excluding carboxylic acids is 2. The summed E-state index contributed by atoms with van der Waals surface area (Å²) >= 11 is 0. The second-order valence-electron chi connectivity index (χ2n) is 7.18. The van der Waals surface area contributed by atoms with Crippen molar-refractivity contribution in [2.24, 2.45) is 17.8 Å². The number of carbonyl (C=O) groups is 2. The predicted octanol–water partition coefficient (Wildman–Crippen LogP) is 3.54. The van der Waals surface area contributed by atoms with Crippen LogP contribution in [0.25, 0.3) is 0 Å². The summed E-state index contributed by atoms with van der Waals surface area (Å²) in [5.41, 5.74) is -0.515. The topological polar surface area (TPSA) is 55.4 Å². The lowest BCUT2D eigenvalue weighted by Gasteiger charge is -2.36. The highest BCUT2D eigenvalue weighted by atomic mass is 16.6. The zero-order valence-electron chi connectivity index (χ0n) is 13.7. The van der Waals surface area contributed by atoms with Gasteiger partial charge in [0.2, 0.25) is 0 Å². The first-order valence-corrected chi connectivity index (χ1v) is 7.66. The van der Waals surface area contributed by atoms with Gasteiger partial charge in [0.25, 0.3) is 0 Å². The maximum Gasteiger partial charge on any atom is 0.407 e. The van der Waals surface area contributed by atoms with Gasteiger partial charge in [-0.1, -0.05) is 20.8 Å². The van der Waals surface area contributed by atoms with E-state index in [1.807, 2.05) is 27.7 Å². The highest BCUT2D eigenvalue weighted by molar-refractivity contribution is 5.83. The minimum Gasteiger partial charge on any atom is -0.444 e. The smallest absolute Gasteiger partial charge is 0.407 e. The number of ether oxygens (including phenoxy) is 1. The molecule has 1 amide bonds. The van der Waals surface area contributed by atoms with Crippen LogP contribution >= 0.6 is 0 Å². The fourth-order valence-electron chi connectivity index (χ4n) is 3.19. The number of amides is 1. The van der Waals surface area contributed by atoms with Gasteiger partial charge in [-0.05, 0) is 45.4 Å². The SMILES string of the molecule is CCC(NC(=O)OC(C)(C)C)C1C(=O)CC(C)CC1C. The van der Waals surface area contributed by atoms with Crippen LogP contribution in [0.15, 0.2) is 0 Å². The molecule has 1 fully saturated rings. The molecule has 4 atom stereocenters. The zero-order chi connectivity index (χ0) is 15.5. The molecule has 4 nitrogen and oxygen atoms in total. The molecule has 0 heterocycles. The molecule has 0 aromatic carbocycles. The Kier molecular flexibility index (Phi) is 5.60. The lowest BCUT2D eigenvalue weighted by Crippen LogP contribution is -2.49. The second kappa shape index (κ2) is 6.59. The number of hydrogen-bond donors (Lipinski definition) is 1. The van der Waals surface area contributed by atoms with Gasteiger partial charge in [0.15, 0.2) is 0 Å². The van der Waals surface area contributed by atoms with Gasteiger partial charge in [-0.25, -0.2) is 4.79 Å². The molecule has 4 unspecified atom stereocenters. The molecule has 0 spiro atoms. The van der Waals surface area contributed by atoms with Crippen LogP contribution in [0, 0.1) is 17.8 Å². The summed E-state index contributed by atoms with van der Waals surface area (Å²) in [5, 5.41) is 2.89. The van der Waals surface area contributed by atoms with Crippen LogP contribution in [0.1, 0.15) is 60.8 Å². The monoisotopic (exact) mass is 283 g/mol. The third-order valence-electron chi connectivity index (χ3n) is 3.88. The maximum absolute atomic E-state index is 12.3. The van der Waals surface area contributed by atoms with Gasteiger partial charge < -0.3 is 10.1 Å². The molecule has 0 saturated heterocycles. The van der Waals surface area contributed by atoms with Crippen molar-refractivity contribution in [3.05, 3.63) is 0 Å². The van der Waals surface area contributed by atoms with Gasteiger partial charge in [0, 0.05) is 18.4 Å². The van der Waals surface area contributed by atoms with Gasteiger partial charge in [0.05, 0.1) is 0 Å². The molecule has 1 aliphatic rings. The molecule has 20 heavy (non-hydrogen) atoms. The summed E-state index contributed by atoms with van der Waals surface area (Å²) in [6.07, 6.45) is 1.99. The van der Waals surface area contributed by atoms with Gasteiger partial charge in [-0.2, -0.15) is 0 Å². The first kappa shape index (κ1) is 17.0. The molecule has 0 aromatic rings. The predicted molar refractivity (Wildman–Crippen MR) is 79.5 cm³/mol. The van der Waals surface area contributed by atoms with Crippen molar-refractivity contribution < 1.29 is 14.3 Å². The summed E-state index contributed by atoms with van der Waals surface area (Å²) in [7, 11) is 0. The molecule has 1 aliphatic carbocycles. The molecule has 0 bridgehead atoms. The normalized spacial score (nSPS) is 28.9. The standard InChI is InChI=1S/C16H29NO3/c1-7-12(17-15(19)20-16(4,5)6)14-11(3)8-10(2)9-13(14)18/h10-12,14H,7-9H2,1-6H3,(H,17,19). The van der Waals surface area contributed by atoms with E-state index in [4.69, 9.17) is 4.74 Å². The highest BCUT2D eigenvalue weighted by Crippen LogP contribution is 2.33. The number of hydrogen-bond acceptors (Lipinski definition) is 3. The average molecular weight is 283 g/mol. The van der Waals surface area contributed by atoms with E-state index in [0.717, 1.165) is 12.8 Å². The van der Waals surface area contributed by atoms with Gasteiger partial charge in [0.1, 0.15) is 11.4 Å². The Bertz CT molecular complexity index is 359. The quantitative estimate of drug-likeness (QED) is 0.862. The second-order valence-corrected chi connectivity index (χ2v) is 7.18. The van der Waals surface area contributed by atoms with E-state index in [-0.39, 0.29) is 17.7 Å². The van der Waals surface area contributed by atoms with E-state index < -0.39 is 11.7 Å². The molecule has 0 radical (unpaired) electrons. The van der Waals surface area contributed by atoms with Crippen molar-refractivity contribution in [3.8, 4) is 0 Å². The van der Waals surface area contributed by atoms with Crippen LogP contribution in [0.2, 0.25) is 0 Å². The fraction of sp³-hybridized carbons (Fsp3) is 0.875. The molecular formula is C16H29NO3. The minimum absolute atomic E-state index is 0.0799. The highest BCUT2D eigenvalue weighted by Gasteiger charge is 2.38. The van der Waals surface area contributed by atoms with Crippen LogP contribution in [-0.4, -0.2) is 23.5 Å². The Morgan fingerprint density at radius 1 is 1.40 bits per heavy atom. The molecule has 116 valence electrons. The number of ketones is 1. The van der Waals surface area contributed by atoms with Gasteiger partial charge in [-0.15, -0.1) is 0 Å². The van der Waals surface area contributed by atoms with Crippen molar-refractivity contribution in [2.75, 3.05) is 0 Å². The van der Waals surface area contributed by atoms with Crippen LogP contribution in [0.3, 0.4) is 0 Å². The van der Waals surface area contributed by atoms with Gasteiger partial charge in [-0.3, -0.25) is 4.79 Å². The minimum atomic E-state index is -0.515. The Morgan fingerprint density at radius 2 is 2.00 bits per heavy atom. The molecule has 1 saturated carbocycles. The summed E-state index contributed by atoms with van der Waals surface area (Å²) < 4.78 is 5.29. The third-order valence-corrected chi connectivity index (χ3v) is 3.88. The van der Waals surface area contributed by atoms with Crippen LogP contribution in [0.4, 0.5) is 4.79 Å². The number of alkyl carbamates (subject to hydrolysis) is 1. The molecular weight excluding hydrogens is 254 g/mol. The summed E-state index contributed by atoms with van der Waals surface area (Å²) in [6.45, 7) is 11.7. The molecule has 0 aromatic heterocycles. The lowest BCUT2D eigenvalue weighted by molar-refractivity contribution is -0.129. The fourth-order valence-corrected chi connectivity index (χ4v) is 3.19. The van der Waals surface area contributed by atoms with E-state index in [1.54, 1.807) is 0 Å². The summed E-state index contributed by atoms with van der Waals surface area (Å²) in [5.74, 6) is 0.960. The maximum atomic E-state index is 12.3. The van der Waals surface area contributed by atoms with E-state index in [2.05, 4.69) is 19.2 Å². The van der Waals surface area contributed by atoms with E-state index in [9.17, 15) is 9.59 Å². The summed E-state index contributed by atoms with van der Waals surface area (Å²) in [4.78, 5) is 24.2. The van der Waals surface area contributed by atoms with Crippen molar-refractivity contribution in [1.82, 2.24) is 5.32 Å². The average Bonchev–Trinajstić information content (AvgIpc) is 2.23. The number of rotatable bonds is 3. The van der Waals surface area contributed by atoms with Crippen LogP contribution < -0.4 is 5.32 Å². The van der Waals surface area contributed by atoms with Crippen LogP contribution in [-0.2, 0) is 9.53 Å². The first-order valence-electron chi connectivity index (χ1n) is 7.66. The first-order chi connectivity index (χ1) is 9.14. The number of Topliss-reactive ketones (excluding diaryl/α,β-unsaturated/α-hetero) is 1. The van der Waals surface area contributed by atoms with E-state index in [1.165, 1.54) is 0 Å². The third kappa shape index (κ3) is 4.80. The van der Waals surface area contributed by atoms with Crippen molar-refractivity contribution in [3.63, 3.8) is 0 Å². The van der Waals surface area contributed by atoms with Crippen molar-refractivity contribution >= 4 is 11.9 Å². The molecule has 0 aliphatic heterocycles. The zero-order valence-corrected chi connectivity index (χ0v) is 13.7. The van der Waals surface area contributed by atoms with E-state index >= 15 is 0 Å². The summed E-state index contributed by atoms with van der Waals surface area (Å²) in [6, 6.07) is -0.125. The Hall–Kier alpha value is -1.06. The van der Waals surface area contributed by atoms with E-state index in [0.29, 0.717) is 18.3 Å². The molecule has 1 N–H and O–H groups in total. The molecule has 4 heteroatoms. The molecule has 1 rings (SSSR count). The Labute approximate surface area is 122 Å². The lowest BCUT2D eigenvalue weighted by atomic mass is 9.71. The van der Waals surface area contributed by atoms with Crippen LogP contribution in [0.5, 0.6) is 0 Å². The van der Waals surface area contributed by atoms with Crippen molar-refractivity contribution in [2.45, 2.75) is 72.4 Å². The van der Waals surface area contributed by atoms with Crippen molar-refractivity contribution in [1.29, 1.82) is 0 Å².